The lowest BCUT2D eigenvalue weighted by atomic mass is 10.0. The van der Waals surface area contributed by atoms with E-state index in [-0.39, 0.29) is 5.91 Å². The molecule has 2 aromatic rings. The number of rotatable bonds is 6. The van der Waals surface area contributed by atoms with Crippen LogP contribution in [0.1, 0.15) is 44.3 Å². The number of aromatic nitrogens is 3. The fourth-order valence-electron chi connectivity index (χ4n) is 3.08. The highest BCUT2D eigenvalue weighted by atomic mass is 16.1. The zero-order valence-electron chi connectivity index (χ0n) is 13.2. The van der Waals surface area contributed by atoms with Crippen LogP contribution in [-0.2, 0) is 11.3 Å². The van der Waals surface area contributed by atoms with Gasteiger partial charge in [-0.05, 0) is 36.6 Å². The third-order valence-corrected chi connectivity index (χ3v) is 4.41. The summed E-state index contributed by atoms with van der Waals surface area (Å²) < 4.78 is 0. The summed E-state index contributed by atoms with van der Waals surface area (Å²) in [5.74, 6) is 2.10. The molecule has 1 fully saturated rings. The molecule has 1 amide bonds. The fraction of sp³-hybridized carbons (Fsp3) is 0.471. The number of carbonyl (C=O) groups is 1. The van der Waals surface area contributed by atoms with Gasteiger partial charge in [-0.2, -0.15) is 5.10 Å². The molecule has 0 bridgehead atoms. The van der Waals surface area contributed by atoms with Crippen LogP contribution in [0.15, 0.2) is 24.3 Å². The van der Waals surface area contributed by atoms with Gasteiger partial charge >= 0.3 is 0 Å². The third kappa shape index (κ3) is 4.16. The molecule has 23 heavy (non-hydrogen) atoms. The van der Waals surface area contributed by atoms with Gasteiger partial charge in [0.15, 0.2) is 5.82 Å². The topological polar surface area (TPSA) is 96.7 Å². The number of benzene rings is 1. The second-order valence-corrected chi connectivity index (χ2v) is 6.12. The number of nitrogens with one attached hydrogen (secondary N) is 2. The number of nitrogens with zero attached hydrogens (tertiary/aromatic N) is 2. The zero-order valence-corrected chi connectivity index (χ0v) is 13.2. The lowest BCUT2D eigenvalue weighted by Crippen LogP contribution is -2.12. The summed E-state index contributed by atoms with van der Waals surface area (Å²) in [5.41, 5.74) is 7.21. The van der Waals surface area contributed by atoms with Crippen molar-refractivity contribution < 1.29 is 4.79 Å². The Labute approximate surface area is 135 Å². The lowest BCUT2D eigenvalue weighted by Gasteiger charge is -2.09. The van der Waals surface area contributed by atoms with Crippen LogP contribution in [0.5, 0.6) is 0 Å². The van der Waals surface area contributed by atoms with Gasteiger partial charge in [0.05, 0.1) is 6.54 Å². The monoisotopic (exact) mass is 313 g/mol. The molecule has 6 nitrogen and oxygen atoms in total. The largest absolute Gasteiger partial charge is 0.326 e. The van der Waals surface area contributed by atoms with E-state index in [0.29, 0.717) is 24.6 Å². The Balaban J connectivity index is 1.53. The number of hydrogen-bond donors (Lipinski definition) is 3. The molecular formula is C17H23N5O. The minimum Gasteiger partial charge on any atom is -0.326 e. The van der Waals surface area contributed by atoms with Crippen LogP contribution in [0, 0.1) is 5.92 Å². The van der Waals surface area contributed by atoms with Gasteiger partial charge in [-0.25, -0.2) is 4.98 Å². The van der Waals surface area contributed by atoms with E-state index in [0.717, 1.165) is 23.6 Å². The Bertz CT molecular complexity index is 643. The van der Waals surface area contributed by atoms with E-state index in [1.165, 1.54) is 25.7 Å². The van der Waals surface area contributed by atoms with E-state index in [1.54, 1.807) is 0 Å². The summed E-state index contributed by atoms with van der Waals surface area (Å²) in [4.78, 5) is 16.3. The van der Waals surface area contributed by atoms with Crippen LogP contribution in [0.25, 0.3) is 11.4 Å². The van der Waals surface area contributed by atoms with Crippen molar-refractivity contribution in [3.8, 4) is 11.4 Å². The van der Waals surface area contributed by atoms with E-state index in [2.05, 4.69) is 20.5 Å². The second kappa shape index (κ2) is 7.37. The second-order valence-electron chi connectivity index (χ2n) is 6.12. The Kier molecular flexibility index (Phi) is 5.02. The van der Waals surface area contributed by atoms with Gasteiger partial charge < -0.3 is 11.1 Å². The van der Waals surface area contributed by atoms with Crippen molar-refractivity contribution in [3.05, 3.63) is 30.1 Å². The minimum absolute atomic E-state index is 0.0907. The molecule has 3 rings (SSSR count). The fourth-order valence-corrected chi connectivity index (χ4v) is 3.08. The molecule has 1 aliphatic carbocycles. The Morgan fingerprint density at radius 3 is 2.65 bits per heavy atom. The first-order chi connectivity index (χ1) is 11.2. The van der Waals surface area contributed by atoms with Crippen LogP contribution in [0.4, 0.5) is 5.69 Å². The van der Waals surface area contributed by atoms with Crippen molar-refractivity contribution in [2.45, 2.75) is 45.1 Å². The maximum Gasteiger partial charge on any atom is 0.224 e. The SMILES string of the molecule is NCc1nc(-c2ccc(NC(=O)CCC3CCCC3)cc2)n[nH]1. The van der Waals surface area contributed by atoms with Gasteiger partial charge in [-0.3, -0.25) is 9.89 Å². The quantitative estimate of drug-likeness (QED) is 0.764. The maximum absolute atomic E-state index is 12.0. The van der Waals surface area contributed by atoms with Crippen molar-refractivity contribution in [1.82, 2.24) is 15.2 Å². The molecule has 0 spiro atoms. The van der Waals surface area contributed by atoms with Gasteiger partial charge in [0.1, 0.15) is 5.82 Å². The van der Waals surface area contributed by atoms with Crippen LogP contribution in [0.2, 0.25) is 0 Å². The van der Waals surface area contributed by atoms with Crippen molar-refractivity contribution in [1.29, 1.82) is 0 Å². The number of hydrogen-bond acceptors (Lipinski definition) is 4. The molecule has 0 atom stereocenters. The molecule has 1 aromatic heterocycles. The first kappa shape index (κ1) is 15.7. The molecule has 0 aliphatic heterocycles. The number of nitrogens with two attached hydrogens (primary N) is 1. The van der Waals surface area contributed by atoms with Gasteiger partial charge in [0.2, 0.25) is 5.91 Å². The molecule has 1 aromatic carbocycles. The normalized spacial score (nSPS) is 15.0. The number of H-pyrrole nitrogens is 1. The predicted octanol–water partition coefficient (Wildman–Crippen LogP) is 2.84. The van der Waals surface area contributed by atoms with Crippen molar-refractivity contribution in [2.24, 2.45) is 11.7 Å². The number of aromatic amines is 1. The molecule has 1 heterocycles. The molecule has 6 heteroatoms. The standard InChI is InChI=1S/C17H23N5O/c18-11-15-20-17(22-21-15)13-6-8-14(9-7-13)19-16(23)10-5-12-3-1-2-4-12/h6-9,12H,1-5,10-11,18H2,(H,19,23)(H,20,21,22). The van der Waals surface area contributed by atoms with Crippen LogP contribution >= 0.6 is 0 Å². The van der Waals surface area contributed by atoms with E-state index in [4.69, 9.17) is 5.73 Å². The molecule has 1 saturated carbocycles. The summed E-state index contributed by atoms with van der Waals surface area (Å²) >= 11 is 0. The highest BCUT2D eigenvalue weighted by Gasteiger charge is 2.16. The van der Waals surface area contributed by atoms with E-state index in [1.807, 2.05) is 24.3 Å². The van der Waals surface area contributed by atoms with Crippen molar-refractivity contribution in [3.63, 3.8) is 0 Å². The number of anilines is 1. The summed E-state index contributed by atoms with van der Waals surface area (Å²) in [6.07, 6.45) is 6.81. The average molecular weight is 313 g/mol. The first-order valence-corrected chi connectivity index (χ1v) is 8.26. The summed E-state index contributed by atoms with van der Waals surface area (Å²) in [6, 6.07) is 7.55. The van der Waals surface area contributed by atoms with Crippen LogP contribution in [0.3, 0.4) is 0 Å². The number of amides is 1. The number of carbonyl (C=O) groups excluding carboxylic acids is 1. The Morgan fingerprint density at radius 1 is 1.26 bits per heavy atom. The molecule has 0 unspecified atom stereocenters. The molecule has 0 radical (unpaired) electrons. The first-order valence-electron chi connectivity index (χ1n) is 8.26. The highest BCUT2D eigenvalue weighted by Crippen LogP contribution is 2.28. The zero-order chi connectivity index (χ0) is 16.1. The molecule has 1 aliphatic rings. The highest BCUT2D eigenvalue weighted by molar-refractivity contribution is 5.90. The van der Waals surface area contributed by atoms with Crippen LogP contribution < -0.4 is 11.1 Å². The van der Waals surface area contributed by atoms with Gasteiger partial charge in [-0.1, -0.05) is 25.7 Å². The average Bonchev–Trinajstić information content (AvgIpc) is 3.25. The maximum atomic E-state index is 12.0. The Morgan fingerprint density at radius 2 is 2.00 bits per heavy atom. The van der Waals surface area contributed by atoms with Crippen molar-refractivity contribution in [2.75, 3.05) is 5.32 Å². The molecular weight excluding hydrogens is 290 g/mol. The molecule has 122 valence electrons. The van der Waals surface area contributed by atoms with Gasteiger partial charge in [-0.15, -0.1) is 0 Å². The Hall–Kier alpha value is -2.21. The van der Waals surface area contributed by atoms with E-state index >= 15 is 0 Å². The van der Waals surface area contributed by atoms with Crippen molar-refractivity contribution >= 4 is 11.6 Å². The summed E-state index contributed by atoms with van der Waals surface area (Å²) in [6.45, 7) is 0.335. The van der Waals surface area contributed by atoms with Crippen LogP contribution in [-0.4, -0.2) is 21.1 Å². The lowest BCUT2D eigenvalue weighted by molar-refractivity contribution is -0.116. The minimum atomic E-state index is 0.0907. The predicted molar refractivity (Wildman–Crippen MR) is 89.5 cm³/mol. The summed E-state index contributed by atoms with van der Waals surface area (Å²) in [5, 5.41) is 9.86. The van der Waals surface area contributed by atoms with Gasteiger partial charge in [0.25, 0.3) is 0 Å². The van der Waals surface area contributed by atoms with Gasteiger partial charge in [0, 0.05) is 17.7 Å². The molecule has 4 N–H and O–H groups in total. The van der Waals surface area contributed by atoms with E-state index in [9.17, 15) is 4.79 Å². The smallest absolute Gasteiger partial charge is 0.224 e. The van der Waals surface area contributed by atoms with E-state index < -0.39 is 0 Å². The third-order valence-electron chi connectivity index (χ3n) is 4.41. The molecule has 0 saturated heterocycles. The summed E-state index contributed by atoms with van der Waals surface area (Å²) in [7, 11) is 0.